The van der Waals surface area contributed by atoms with Crippen LogP contribution in [0.4, 0.5) is 5.82 Å². The van der Waals surface area contributed by atoms with Crippen molar-refractivity contribution in [2.75, 3.05) is 12.4 Å². The number of rotatable bonds is 6. The van der Waals surface area contributed by atoms with E-state index in [0.29, 0.717) is 12.3 Å². The van der Waals surface area contributed by atoms with Crippen LogP contribution in [0.15, 0.2) is 95.7 Å². The lowest BCUT2D eigenvalue weighted by Crippen LogP contribution is -2.02. The van der Waals surface area contributed by atoms with Gasteiger partial charge in [0.2, 0.25) is 5.71 Å². The van der Waals surface area contributed by atoms with Crippen LogP contribution in [0.1, 0.15) is 5.56 Å². The van der Waals surface area contributed by atoms with Gasteiger partial charge in [-0.2, -0.15) is 0 Å². The smallest absolute Gasteiger partial charge is 0.232 e. The molecule has 0 amide bonds. The Balaban J connectivity index is 1.61. The van der Waals surface area contributed by atoms with Crippen LogP contribution in [-0.4, -0.2) is 17.1 Å². The van der Waals surface area contributed by atoms with Crippen LogP contribution in [0, 0.1) is 0 Å². The molecule has 2 heterocycles. The largest absolute Gasteiger partial charge is 0.497 e. The van der Waals surface area contributed by atoms with E-state index in [-0.39, 0.29) is 0 Å². The number of methoxy groups -OCH3 is 1. The first-order chi connectivity index (χ1) is 15.3. The summed E-state index contributed by atoms with van der Waals surface area (Å²) in [5.74, 6) is 2.36. The van der Waals surface area contributed by atoms with Crippen LogP contribution >= 0.6 is 0 Å². The number of nitrogens with one attached hydrogen (secondary N) is 1. The third-order valence-electron chi connectivity index (χ3n) is 5.21. The fraction of sp³-hybridized carbons (Fsp3) is 0.0769. The van der Waals surface area contributed by atoms with E-state index in [1.165, 1.54) is 6.33 Å². The lowest BCUT2D eigenvalue weighted by Gasteiger charge is -2.09. The van der Waals surface area contributed by atoms with Gasteiger partial charge in [-0.1, -0.05) is 72.8 Å². The van der Waals surface area contributed by atoms with Gasteiger partial charge in [0.05, 0.1) is 12.5 Å². The highest BCUT2D eigenvalue weighted by molar-refractivity contribution is 6.05. The van der Waals surface area contributed by atoms with Gasteiger partial charge in [0.1, 0.15) is 23.7 Å². The third-order valence-corrected chi connectivity index (χ3v) is 5.21. The molecule has 0 fully saturated rings. The Hall–Kier alpha value is -4.12. The van der Waals surface area contributed by atoms with Crippen molar-refractivity contribution in [3.8, 4) is 28.2 Å². The molecule has 0 saturated heterocycles. The molecule has 0 aliphatic rings. The first-order valence-electron chi connectivity index (χ1n) is 10.1. The number of anilines is 1. The average Bonchev–Trinajstić information content (AvgIpc) is 3.24. The number of aromatic nitrogens is 2. The zero-order valence-corrected chi connectivity index (χ0v) is 17.1. The summed E-state index contributed by atoms with van der Waals surface area (Å²) in [4.78, 5) is 8.96. The van der Waals surface area contributed by atoms with Crippen molar-refractivity contribution in [3.05, 3.63) is 96.8 Å². The second-order valence-corrected chi connectivity index (χ2v) is 7.14. The zero-order valence-electron chi connectivity index (χ0n) is 17.1. The molecule has 0 atom stereocenters. The van der Waals surface area contributed by atoms with E-state index in [0.717, 1.165) is 45.0 Å². The highest BCUT2D eigenvalue weighted by Crippen LogP contribution is 2.42. The van der Waals surface area contributed by atoms with E-state index in [9.17, 15) is 0 Å². The maximum Gasteiger partial charge on any atom is 0.232 e. The molecule has 0 spiro atoms. The van der Waals surface area contributed by atoms with Gasteiger partial charge in [-0.3, -0.25) is 0 Å². The van der Waals surface area contributed by atoms with Crippen molar-refractivity contribution >= 4 is 16.9 Å². The minimum atomic E-state index is 0.560. The molecule has 152 valence electrons. The Morgan fingerprint density at radius 1 is 0.806 bits per heavy atom. The Morgan fingerprint density at radius 2 is 1.48 bits per heavy atom. The topological polar surface area (TPSA) is 60.2 Å². The van der Waals surface area contributed by atoms with Crippen molar-refractivity contribution in [2.45, 2.75) is 6.54 Å². The van der Waals surface area contributed by atoms with Crippen LogP contribution in [0.3, 0.4) is 0 Å². The predicted molar refractivity (Wildman–Crippen MR) is 123 cm³/mol. The fourth-order valence-electron chi connectivity index (χ4n) is 3.67. The fourth-order valence-corrected chi connectivity index (χ4v) is 3.67. The average molecular weight is 407 g/mol. The molecule has 0 radical (unpaired) electrons. The SMILES string of the molecule is COc1ccc(CNc2ncnc3oc(-c4ccccc4)c(-c4ccccc4)c23)cc1. The van der Waals surface area contributed by atoms with Crippen LogP contribution in [-0.2, 0) is 6.54 Å². The minimum absolute atomic E-state index is 0.560. The highest BCUT2D eigenvalue weighted by atomic mass is 16.5. The molecule has 0 bridgehead atoms. The van der Waals surface area contributed by atoms with E-state index in [1.54, 1.807) is 7.11 Å². The zero-order chi connectivity index (χ0) is 21.0. The van der Waals surface area contributed by atoms with E-state index < -0.39 is 0 Å². The molecule has 2 aromatic heterocycles. The van der Waals surface area contributed by atoms with Crippen molar-refractivity contribution in [1.82, 2.24) is 9.97 Å². The lowest BCUT2D eigenvalue weighted by molar-refractivity contribution is 0.414. The summed E-state index contributed by atoms with van der Waals surface area (Å²) in [7, 11) is 1.67. The predicted octanol–water partition coefficient (Wildman–Crippen LogP) is 6.18. The maximum atomic E-state index is 6.25. The molecule has 3 aromatic carbocycles. The Morgan fingerprint density at radius 3 is 2.16 bits per heavy atom. The van der Waals surface area contributed by atoms with Gasteiger partial charge in [-0.15, -0.1) is 0 Å². The summed E-state index contributed by atoms with van der Waals surface area (Å²) >= 11 is 0. The summed E-state index contributed by atoms with van der Waals surface area (Å²) in [5.41, 5.74) is 4.73. The Bertz CT molecular complexity index is 1300. The van der Waals surface area contributed by atoms with E-state index >= 15 is 0 Å². The first kappa shape index (κ1) is 18.9. The van der Waals surface area contributed by atoms with Gasteiger partial charge in [0, 0.05) is 17.7 Å². The second-order valence-electron chi connectivity index (χ2n) is 7.14. The van der Waals surface area contributed by atoms with Crippen LogP contribution in [0.2, 0.25) is 0 Å². The summed E-state index contributed by atoms with van der Waals surface area (Å²) in [6, 6.07) is 28.3. The lowest BCUT2D eigenvalue weighted by atomic mass is 9.99. The summed E-state index contributed by atoms with van der Waals surface area (Å²) < 4.78 is 11.5. The van der Waals surface area contributed by atoms with Crippen LogP contribution in [0.25, 0.3) is 33.6 Å². The standard InChI is InChI=1S/C26H21N3O2/c1-30-21-14-12-18(13-15-21)16-27-25-23-22(19-8-4-2-5-9-19)24(20-10-6-3-7-11-20)31-26(23)29-17-28-25/h2-15,17H,16H2,1H3,(H,27,28,29). The van der Waals surface area contributed by atoms with Crippen molar-refractivity contribution in [2.24, 2.45) is 0 Å². The molecule has 5 nitrogen and oxygen atoms in total. The molecule has 0 aliphatic heterocycles. The molecular formula is C26H21N3O2. The molecule has 5 aromatic rings. The molecule has 0 aliphatic carbocycles. The van der Waals surface area contributed by atoms with Gasteiger partial charge >= 0.3 is 0 Å². The van der Waals surface area contributed by atoms with Crippen molar-refractivity contribution in [1.29, 1.82) is 0 Å². The number of nitrogens with zero attached hydrogens (tertiary/aromatic N) is 2. The van der Waals surface area contributed by atoms with Crippen LogP contribution in [0.5, 0.6) is 5.75 Å². The normalized spacial score (nSPS) is 10.9. The Kier molecular flexibility index (Phi) is 5.07. The van der Waals surface area contributed by atoms with Gasteiger partial charge in [0.25, 0.3) is 0 Å². The number of ether oxygens (including phenoxy) is 1. The van der Waals surface area contributed by atoms with E-state index in [1.807, 2.05) is 72.8 Å². The summed E-state index contributed by atoms with van der Waals surface area (Å²) in [6.45, 7) is 0.621. The number of hydrogen-bond donors (Lipinski definition) is 1. The summed E-state index contributed by atoms with van der Waals surface area (Å²) in [6.07, 6.45) is 1.53. The van der Waals surface area contributed by atoms with Crippen LogP contribution < -0.4 is 10.1 Å². The number of hydrogen-bond acceptors (Lipinski definition) is 5. The molecular weight excluding hydrogens is 386 g/mol. The number of benzene rings is 3. The molecule has 1 N–H and O–H groups in total. The molecule has 5 heteroatoms. The van der Waals surface area contributed by atoms with Crippen molar-refractivity contribution < 1.29 is 9.15 Å². The molecule has 0 unspecified atom stereocenters. The minimum Gasteiger partial charge on any atom is -0.497 e. The summed E-state index contributed by atoms with van der Waals surface area (Å²) in [5, 5.41) is 4.34. The molecule has 0 saturated carbocycles. The van der Waals surface area contributed by atoms with Crippen molar-refractivity contribution in [3.63, 3.8) is 0 Å². The third kappa shape index (κ3) is 3.73. The van der Waals surface area contributed by atoms with Gasteiger partial charge in [0.15, 0.2) is 0 Å². The first-order valence-corrected chi connectivity index (χ1v) is 10.1. The Labute approximate surface area is 180 Å². The van der Waals surface area contributed by atoms with E-state index in [2.05, 4.69) is 27.4 Å². The number of fused-ring (bicyclic) bond motifs is 1. The molecule has 31 heavy (non-hydrogen) atoms. The molecule has 5 rings (SSSR count). The van der Waals surface area contributed by atoms with Gasteiger partial charge < -0.3 is 14.5 Å². The monoisotopic (exact) mass is 407 g/mol. The van der Waals surface area contributed by atoms with E-state index in [4.69, 9.17) is 9.15 Å². The highest BCUT2D eigenvalue weighted by Gasteiger charge is 2.21. The van der Waals surface area contributed by atoms with Gasteiger partial charge in [-0.05, 0) is 23.3 Å². The van der Waals surface area contributed by atoms with Gasteiger partial charge in [-0.25, -0.2) is 9.97 Å². The second kappa shape index (κ2) is 8.32. The quantitative estimate of drug-likeness (QED) is 0.364. The maximum absolute atomic E-state index is 6.25. The number of furan rings is 1.